The summed E-state index contributed by atoms with van der Waals surface area (Å²) in [6.07, 6.45) is 0. The summed E-state index contributed by atoms with van der Waals surface area (Å²) in [7, 11) is 0. The van der Waals surface area contributed by atoms with Crippen molar-refractivity contribution in [1.82, 2.24) is 9.80 Å². The molecule has 2 aromatic carbocycles. The number of hydrogen-bond donors (Lipinski definition) is 0. The molecule has 0 N–H and O–H groups in total. The molecule has 0 aromatic heterocycles. The minimum Gasteiger partial charge on any atom is -0.491 e. The van der Waals surface area contributed by atoms with Crippen LogP contribution in [0.3, 0.4) is 0 Å². The summed E-state index contributed by atoms with van der Waals surface area (Å²) in [4.78, 5) is 4.75. The highest BCUT2D eigenvalue weighted by molar-refractivity contribution is 5.40. The molecule has 2 aromatic rings. The molecule has 2 atom stereocenters. The van der Waals surface area contributed by atoms with E-state index in [1.54, 1.807) is 0 Å². The first-order valence-electron chi connectivity index (χ1n) is 15.5. The highest BCUT2D eigenvalue weighted by atomic mass is 16.5. The van der Waals surface area contributed by atoms with Gasteiger partial charge in [0.15, 0.2) is 0 Å². The molecule has 0 spiro atoms. The lowest BCUT2D eigenvalue weighted by molar-refractivity contribution is -0.00543. The molecule has 0 saturated carbocycles. The molecule has 0 bridgehead atoms. The lowest BCUT2D eigenvalue weighted by Crippen LogP contribution is -2.42. The van der Waals surface area contributed by atoms with Crippen molar-refractivity contribution < 1.29 is 28.4 Å². The predicted octanol–water partition coefficient (Wildman–Crippen LogP) is 4.84. The number of para-hydroxylation sites is 2. The second-order valence-corrected chi connectivity index (χ2v) is 11.3. The average molecular weight is 587 g/mol. The van der Waals surface area contributed by atoms with Crippen LogP contribution in [0.5, 0.6) is 11.5 Å². The quantitative estimate of drug-likeness (QED) is 0.436. The van der Waals surface area contributed by atoms with Crippen LogP contribution in [0.25, 0.3) is 0 Å². The topological polar surface area (TPSA) is 61.9 Å². The van der Waals surface area contributed by atoms with E-state index in [1.165, 1.54) is 0 Å². The van der Waals surface area contributed by atoms with Crippen molar-refractivity contribution in [2.75, 3.05) is 92.2 Å². The van der Waals surface area contributed by atoms with Crippen molar-refractivity contribution in [3.63, 3.8) is 0 Å². The number of nitrogens with zero attached hydrogens (tertiary/aromatic N) is 2. The van der Waals surface area contributed by atoms with Crippen molar-refractivity contribution in [3.8, 4) is 11.5 Å². The number of benzene rings is 2. The van der Waals surface area contributed by atoms with Gasteiger partial charge < -0.3 is 28.4 Å². The Kier molecular flexibility index (Phi) is 15.6. The second-order valence-electron chi connectivity index (χ2n) is 11.3. The van der Waals surface area contributed by atoms with E-state index in [0.717, 1.165) is 59.9 Å². The van der Waals surface area contributed by atoms with Crippen LogP contribution in [0.2, 0.25) is 0 Å². The first kappa shape index (κ1) is 34.3. The van der Waals surface area contributed by atoms with Gasteiger partial charge in [0, 0.05) is 38.3 Å². The van der Waals surface area contributed by atoms with E-state index < -0.39 is 0 Å². The summed E-state index contributed by atoms with van der Waals surface area (Å²) in [5.41, 5.74) is 4.65. The Morgan fingerprint density at radius 3 is 1.10 bits per heavy atom. The van der Waals surface area contributed by atoms with Crippen LogP contribution < -0.4 is 9.47 Å². The van der Waals surface area contributed by atoms with E-state index in [4.69, 9.17) is 28.4 Å². The Labute approximate surface area is 254 Å². The van der Waals surface area contributed by atoms with Gasteiger partial charge in [-0.05, 0) is 63.8 Å². The standard InChI is InChI=1S/C34H54N2O6/c1-27-9-7-10-28(2)33(27)41-25-31(5)35-13-17-37-21-23-39-19-15-36(16-20-40-24-22-38-18-14-35)32(6)26-42-34-29(3)11-8-12-30(34)4/h7-12,31-32H,13-26H2,1-6H3. The van der Waals surface area contributed by atoms with Gasteiger partial charge in [-0.2, -0.15) is 0 Å². The van der Waals surface area contributed by atoms with E-state index in [2.05, 4.69) is 87.7 Å². The van der Waals surface area contributed by atoms with Crippen LogP contribution in [0, 0.1) is 27.7 Å². The van der Waals surface area contributed by atoms with Gasteiger partial charge in [-0.3, -0.25) is 9.80 Å². The van der Waals surface area contributed by atoms with Crippen LogP contribution in [0.15, 0.2) is 36.4 Å². The number of rotatable bonds is 8. The van der Waals surface area contributed by atoms with Crippen LogP contribution in [0.4, 0.5) is 0 Å². The fraction of sp³-hybridized carbons (Fsp3) is 0.647. The summed E-state index contributed by atoms with van der Waals surface area (Å²) < 4.78 is 36.3. The molecule has 0 aliphatic carbocycles. The summed E-state index contributed by atoms with van der Waals surface area (Å²) in [5, 5.41) is 0. The molecular formula is C34H54N2O6. The highest BCUT2D eigenvalue weighted by Gasteiger charge is 2.18. The lowest BCUT2D eigenvalue weighted by atomic mass is 10.1. The Hall–Kier alpha value is -2.20. The second kappa shape index (κ2) is 19.2. The summed E-state index contributed by atoms with van der Waals surface area (Å²) in [6, 6.07) is 13.0. The molecule has 0 radical (unpaired) electrons. The molecule has 0 amide bonds. The molecule has 1 saturated heterocycles. The molecule has 236 valence electrons. The summed E-state index contributed by atoms with van der Waals surface area (Å²) in [5.74, 6) is 1.96. The minimum absolute atomic E-state index is 0.223. The number of hydrogen-bond acceptors (Lipinski definition) is 8. The third-order valence-electron chi connectivity index (χ3n) is 7.84. The Morgan fingerprint density at radius 1 is 0.524 bits per heavy atom. The van der Waals surface area contributed by atoms with Crippen molar-refractivity contribution in [3.05, 3.63) is 58.7 Å². The largest absolute Gasteiger partial charge is 0.491 e. The van der Waals surface area contributed by atoms with Crippen LogP contribution in [-0.4, -0.2) is 114 Å². The maximum atomic E-state index is 6.25. The number of aryl methyl sites for hydroxylation is 4. The summed E-state index contributed by atoms with van der Waals surface area (Å²) in [6.45, 7) is 22.1. The van der Waals surface area contributed by atoms with Crippen LogP contribution in [-0.2, 0) is 18.9 Å². The van der Waals surface area contributed by atoms with E-state index in [-0.39, 0.29) is 12.1 Å². The molecule has 2 unspecified atom stereocenters. The summed E-state index contributed by atoms with van der Waals surface area (Å²) >= 11 is 0. The fourth-order valence-corrected chi connectivity index (χ4v) is 5.15. The monoisotopic (exact) mass is 586 g/mol. The molecule has 8 heteroatoms. The van der Waals surface area contributed by atoms with Crippen LogP contribution in [0.1, 0.15) is 36.1 Å². The molecular weight excluding hydrogens is 532 g/mol. The molecule has 42 heavy (non-hydrogen) atoms. The molecule has 1 fully saturated rings. The van der Waals surface area contributed by atoms with Gasteiger partial charge in [0.2, 0.25) is 0 Å². The van der Waals surface area contributed by atoms with Crippen molar-refractivity contribution in [2.24, 2.45) is 0 Å². The Morgan fingerprint density at radius 2 is 0.810 bits per heavy atom. The zero-order valence-corrected chi connectivity index (χ0v) is 26.9. The Bertz CT molecular complexity index is 893. The van der Waals surface area contributed by atoms with E-state index in [1.807, 2.05) is 0 Å². The van der Waals surface area contributed by atoms with E-state index >= 15 is 0 Å². The number of ether oxygens (including phenoxy) is 6. The van der Waals surface area contributed by atoms with Crippen molar-refractivity contribution >= 4 is 0 Å². The zero-order chi connectivity index (χ0) is 30.2. The van der Waals surface area contributed by atoms with Gasteiger partial charge in [0.05, 0.1) is 52.9 Å². The first-order chi connectivity index (χ1) is 20.4. The van der Waals surface area contributed by atoms with Gasteiger partial charge in [-0.25, -0.2) is 0 Å². The molecule has 1 heterocycles. The SMILES string of the molecule is Cc1cccc(C)c1OCC(C)N1CCOCCOCCN(C(C)COc2c(C)cccc2C)CCOCCOCC1. The normalized spacial score (nSPS) is 19.4. The average Bonchev–Trinajstić information content (AvgIpc) is 2.96. The third kappa shape index (κ3) is 11.8. The van der Waals surface area contributed by atoms with Crippen LogP contribution >= 0.6 is 0 Å². The fourth-order valence-electron chi connectivity index (χ4n) is 5.15. The smallest absolute Gasteiger partial charge is 0.125 e. The molecule has 8 nitrogen and oxygen atoms in total. The lowest BCUT2D eigenvalue weighted by Gasteiger charge is -2.30. The third-order valence-corrected chi connectivity index (χ3v) is 7.84. The van der Waals surface area contributed by atoms with Gasteiger partial charge in [0.1, 0.15) is 24.7 Å². The zero-order valence-electron chi connectivity index (χ0n) is 26.9. The Balaban J connectivity index is 1.45. The van der Waals surface area contributed by atoms with Gasteiger partial charge in [-0.1, -0.05) is 36.4 Å². The van der Waals surface area contributed by atoms with E-state index in [0.29, 0.717) is 66.1 Å². The van der Waals surface area contributed by atoms with Gasteiger partial charge in [-0.15, -0.1) is 0 Å². The maximum Gasteiger partial charge on any atom is 0.125 e. The first-order valence-corrected chi connectivity index (χ1v) is 15.5. The van der Waals surface area contributed by atoms with Crippen molar-refractivity contribution in [1.29, 1.82) is 0 Å². The molecule has 1 aliphatic rings. The maximum absolute atomic E-state index is 6.25. The van der Waals surface area contributed by atoms with Gasteiger partial charge >= 0.3 is 0 Å². The van der Waals surface area contributed by atoms with Gasteiger partial charge in [0.25, 0.3) is 0 Å². The predicted molar refractivity (Wildman–Crippen MR) is 168 cm³/mol. The van der Waals surface area contributed by atoms with Crippen molar-refractivity contribution in [2.45, 2.75) is 53.6 Å². The minimum atomic E-state index is 0.223. The highest BCUT2D eigenvalue weighted by Crippen LogP contribution is 2.24. The molecule has 3 rings (SSSR count). The van der Waals surface area contributed by atoms with E-state index in [9.17, 15) is 0 Å². The molecule has 1 aliphatic heterocycles.